The van der Waals surface area contributed by atoms with E-state index in [4.69, 9.17) is 5.11 Å². The van der Waals surface area contributed by atoms with Crippen LogP contribution < -0.4 is 0 Å². The molecule has 3 nitrogen and oxygen atoms in total. The summed E-state index contributed by atoms with van der Waals surface area (Å²) in [4.78, 5) is 12.7. The number of aliphatic carboxylic acids is 1. The predicted molar refractivity (Wildman–Crippen MR) is 60.6 cm³/mol. The van der Waals surface area contributed by atoms with Crippen LogP contribution in [0.25, 0.3) is 0 Å². The van der Waals surface area contributed by atoms with Gasteiger partial charge in [-0.05, 0) is 26.9 Å². The van der Waals surface area contributed by atoms with Crippen LogP contribution >= 0.6 is 0 Å². The molecule has 0 saturated carbocycles. The molecule has 0 spiro atoms. The predicted octanol–water partition coefficient (Wildman–Crippen LogP) is 2.47. The standard InChI is InChI=1S/C7H13NO2.2C2H6/c1-7(6(9)10)3-4-8(2)5-7;2*1-2/h3-5H2,1-2H3,(H,9,10);2*1-2H3. The summed E-state index contributed by atoms with van der Waals surface area (Å²) in [6, 6.07) is 0. The molecule has 0 aromatic carbocycles. The van der Waals surface area contributed by atoms with Crippen LogP contribution in [0.2, 0.25) is 0 Å². The lowest BCUT2D eigenvalue weighted by Gasteiger charge is -2.16. The molecule has 14 heavy (non-hydrogen) atoms. The summed E-state index contributed by atoms with van der Waals surface area (Å²) in [6.45, 7) is 11.4. The van der Waals surface area contributed by atoms with Gasteiger partial charge in [-0.25, -0.2) is 0 Å². The Morgan fingerprint density at radius 2 is 1.71 bits per heavy atom. The van der Waals surface area contributed by atoms with Crippen LogP contribution in [0.15, 0.2) is 0 Å². The molecule has 0 bridgehead atoms. The first-order chi connectivity index (χ1) is 6.54. The van der Waals surface area contributed by atoms with Crippen LogP contribution in [-0.2, 0) is 4.79 Å². The Balaban J connectivity index is 0. The zero-order chi connectivity index (χ0) is 11.8. The average molecular weight is 203 g/mol. The summed E-state index contributed by atoms with van der Waals surface area (Å²) in [7, 11) is 1.95. The SMILES string of the molecule is CC.CC.CN1CCC(C)(C(=O)O)C1. The highest BCUT2D eigenvalue weighted by atomic mass is 16.4. The number of carboxylic acid groups (broad SMARTS) is 1. The van der Waals surface area contributed by atoms with Gasteiger partial charge in [-0.1, -0.05) is 27.7 Å². The van der Waals surface area contributed by atoms with Crippen LogP contribution in [0.4, 0.5) is 0 Å². The molecule has 3 heteroatoms. The van der Waals surface area contributed by atoms with E-state index in [1.165, 1.54) is 0 Å². The number of carbonyl (C=O) groups is 1. The number of likely N-dealkylation sites (tertiary alicyclic amines) is 1. The van der Waals surface area contributed by atoms with E-state index in [-0.39, 0.29) is 0 Å². The van der Waals surface area contributed by atoms with Gasteiger partial charge in [-0.15, -0.1) is 0 Å². The van der Waals surface area contributed by atoms with Crippen molar-refractivity contribution in [2.45, 2.75) is 41.0 Å². The minimum absolute atomic E-state index is 0.491. The first-order valence-electron chi connectivity index (χ1n) is 5.46. The third kappa shape index (κ3) is 4.61. The lowest BCUT2D eigenvalue weighted by Crippen LogP contribution is -2.30. The Kier molecular flexibility index (Phi) is 8.85. The number of hydrogen-bond acceptors (Lipinski definition) is 2. The molecule has 0 amide bonds. The fourth-order valence-electron chi connectivity index (χ4n) is 1.37. The molecule has 1 heterocycles. The maximum Gasteiger partial charge on any atom is 0.310 e. The molecule has 1 aliphatic heterocycles. The Morgan fingerprint density at radius 1 is 1.29 bits per heavy atom. The maximum absolute atomic E-state index is 10.6. The van der Waals surface area contributed by atoms with Crippen LogP contribution in [-0.4, -0.2) is 36.1 Å². The van der Waals surface area contributed by atoms with Crippen molar-refractivity contribution < 1.29 is 9.90 Å². The first-order valence-corrected chi connectivity index (χ1v) is 5.46. The van der Waals surface area contributed by atoms with Crippen molar-refractivity contribution >= 4 is 5.97 Å². The van der Waals surface area contributed by atoms with Crippen molar-refractivity contribution in [2.24, 2.45) is 5.41 Å². The van der Waals surface area contributed by atoms with Crippen molar-refractivity contribution in [1.82, 2.24) is 4.90 Å². The van der Waals surface area contributed by atoms with Gasteiger partial charge in [0.05, 0.1) is 5.41 Å². The van der Waals surface area contributed by atoms with Crippen molar-refractivity contribution in [3.05, 3.63) is 0 Å². The number of hydrogen-bond donors (Lipinski definition) is 1. The molecular formula is C11H25NO2. The molecule has 1 aliphatic rings. The summed E-state index contributed by atoms with van der Waals surface area (Å²) in [5, 5.41) is 8.76. The van der Waals surface area contributed by atoms with Gasteiger partial charge in [0.15, 0.2) is 0 Å². The van der Waals surface area contributed by atoms with Crippen molar-refractivity contribution in [3.63, 3.8) is 0 Å². The summed E-state index contributed by atoms with van der Waals surface area (Å²) in [5.41, 5.74) is -0.491. The van der Waals surface area contributed by atoms with Gasteiger partial charge in [0.1, 0.15) is 0 Å². The molecule has 1 saturated heterocycles. The molecule has 0 aromatic heterocycles. The van der Waals surface area contributed by atoms with Gasteiger partial charge in [-0.3, -0.25) is 4.79 Å². The Morgan fingerprint density at radius 3 is 1.86 bits per heavy atom. The van der Waals surface area contributed by atoms with Crippen LogP contribution in [0.1, 0.15) is 41.0 Å². The van der Waals surface area contributed by atoms with E-state index in [1.807, 2.05) is 39.6 Å². The minimum Gasteiger partial charge on any atom is -0.481 e. The monoisotopic (exact) mass is 203 g/mol. The summed E-state index contributed by atoms with van der Waals surface area (Å²) in [5.74, 6) is -0.670. The molecule has 0 radical (unpaired) electrons. The molecule has 86 valence electrons. The van der Waals surface area contributed by atoms with Gasteiger partial charge in [0.25, 0.3) is 0 Å². The van der Waals surface area contributed by atoms with Crippen LogP contribution in [0.3, 0.4) is 0 Å². The largest absolute Gasteiger partial charge is 0.481 e. The Labute approximate surface area is 88.1 Å². The zero-order valence-corrected chi connectivity index (χ0v) is 10.4. The molecule has 1 N–H and O–H groups in total. The van der Waals surface area contributed by atoms with E-state index >= 15 is 0 Å². The quantitative estimate of drug-likeness (QED) is 0.711. The smallest absolute Gasteiger partial charge is 0.310 e. The molecular weight excluding hydrogens is 178 g/mol. The maximum atomic E-state index is 10.6. The fraction of sp³-hybridized carbons (Fsp3) is 0.909. The lowest BCUT2D eigenvalue weighted by molar-refractivity contribution is -0.147. The molecule has 1 unspecified atom stereocenters. The van der Waals surface area contributed by atoms with Crippen LogP contribution in [0, 0.1) is 5.41 Å². The van der Waals surface area contributed by atoms with Crippen molar-refractivity contribution in [1.29, 1.82) is 0 Å². The summed E-state index contributed by atoms with van der Waals surface area (Å²) >= 11 is 0. The third-order valence-corrected chi connectivity index (χ3v) is 2.18. The summed E-state index contributed by atoms with van der Waals surface area (Å²) in [6.07, 6.45) is 0.777. The fourth-order valence-corrected chi connectivity index (χ4v) is 1.37. The lowest BCUT2D eigenvalue weighted by atomic mass is 9.90. The normalized spacial score (nSPS) is 25.6. The van der Waals surface area contributed by atoms with E-state index in [2.05, 4.69) is 0 Å². The van der Waals surface area contributed by atoms with E-state index in [0.717, 1.165) is 13.0 Å². The topological polar surface area (TPSA) is 40.5 Å². The molecule has 1 atom stereocenters. The molecule has 0 aromatic rings. The van der Waals surface area contributed by atoms with Gasteiger partial charge < -0.3 is 10.0 Å². The summed E-state index contributed by atoms with van der Waals surface area (Å²) < 4.78 is 0. The van der Waals surface area contributed by atoms with Gasteiger partial charge in [-0.2, -0.15) is 0 Å². The van der Waals surface area contributed by atoms with Crippen molar-refractivity contribution in [2.75, 3.05) is 20.1 Å². The van der Waals surface area contributed by atoms with E-state index < -0.39 is 11.4 Å². The highest BCUT2D eigenvalue weighted by Gasteiger charge is 2.38. The van der Waals surface area contributed by atoms with Gasteiger partial charge in [0.2, 0.25) is 0 Å². The molecule has 0 aliphatic carbocycles. The minimum atomic E-state index is -0.670. The Hall–Kier alpha value is -0.570. The number of rotatable bonds is 1. The zero-order valence-electron chi connectivity index (χ0n) is 10.4. The van der Waals surface area contributed by atoms with Crippen molar-refractivity contribution in [3.8, 4) is 0 Å². The second-order valence-corrected chi connectivity index (χ2v) is 3.35. The highest BCUT2D eigenvalue weighted by molar-refractivity contribution is 5.74. The second kappa shape index (κ2) is 7.80. The number of nitrogens with zero attached hydrogens (tertiary/aromatic N) is 1. The highest BCUT2D eigenvalue weighted by Crippen LogP contribution is 2.28. The molecule has 1 rings (SSSR count). The van der Waals surface area contributed by atoms with Gasteiger partial charge in [0, 0.05) is 6.54 Å². The second-order valence-electron chi connectivity index (χ2n) is 3.35. The van der Waals surface area contributed by atoms with E-state index in [0.29, 0.717) is 6.54 Å². The third-order valence-electron chi connectivity index (χ3n) is 2.18. The number of carboxylic acids is 1. The van der Waals surface area contributed by atoms with Gasteiger partial charge >= 0.3 is 5.97 Å². The molecule has 1 fully saturated rings. The van der Waals surface area contributed by atoms with E-state index in [1.54, 1.807) is 6.92 Å². The Bertz CT molecular complexity index is 159. The first kappa shape index (κ1) is 15.9. The van der Waals surface area contributed by atoms with E-state index in [9.17, 15) is 4.79 Å². The average Bonchev–Trinajstić information content (AvgIpc) is 2.54. The van der Waals surface area contributed by atoms with Crippen LogP contribution in [0.5, 0.6) is 0 Å².